The van der Waals surface area contributed by atoms with Gasteiger partial charge in [-0.2, -0.15) is 0 Å². The second-order valence-electron chi connectivity index (χ2n) is 12.4. The van der Waals surface area contributed by atoms with Crippen LogP contribution in [0.25, 0.3) is 33.2 Å². The van der Waals surface area contributed by atoms with Crippen molar-refractivity contribution in [3.63, 3.8) is 0 Å². The Morgan fingerprint density at radius 2 is 1.44 bits per heavy atom. The zero-order chi connectivity index (χ0) is 30.2. The molecule has 2 N–H and O–H groups in total. The third-order valence-electron chi connectivity index (χ3n) is 8.62. The van der Waals surface area contributed by atoms with Crippen LogP contribution >= 0.6 is 0 Å². The van der Waals surface area contributed by atoms with Crippen molar-refractivity contribution < 1.29 is 0 Å². The Labute approximate surface area is 255 Å². The SMILES string of the molecule is Cc1cc(Nc2c(C(C)C)cccc2C(C)C)c2nc(-c3c(CNc4ccccc4C)ccc4ccccc34)n(C)c2c1. The highest BCUT2D eigenvalue weighted by atomic mass is 15.1. The van der Waals surface area contributed by atoms with Crippen molar-refractivity contribution >= 4 is 38.9 Å². The lowest BCUT2D eigenvalue weighted by molar-refractivity contribution is 0.838. The van der Waals surface area contributed by atoms with E-state index in [0.717, 1.165) is 28.2 Å². The second-order valence-corrected chi connectivity index (χ2v) is 12.4. The molecule has 4 nitrogen and oxygen atoms in total. The van der Waals surface area contributed by atoms with Gasteiger partial charge in [0.1, 0.15) is 11.3 Å². The van der Waals surface area contributed by atoms with Crippen LogP contribution in [0.1, 0.15) is 67.3 Å². The smallest absolute Gasteiger partial charge is 0.141 e. The first-order chi connectivity index (χ1) is 20.7. The topological polar surface area (TPSA) is 41.9 Å². The minimum absolute atomic E-state index is 0.403. The number of rotatable bonds is 8. The number of anilines is 3. The molecule has 0 saturated heterocycles. The summed E-state index contributed by atoms with van der Waals surface area (Å²) >= 11 is 0. The first-order valence-corrected chi connectivity index (χ1v) is 15.4. The van der Waals surface area contributed by atoms with E-state index in [1.807, 2.05) is 0 Å². The summed E-state index contributed by atoms with van der Waals surface area (Å²) in [5, 5.41) is 10.0. The Kier molecular flexibility index (Phi) is 7.70. The number of para-hydroxylation sites is 2. The number of aryl methyl sites for hydroxylation is 3. The highest BCUT2D eigenvalue weighted by Gasteiger charge is 2.21. The number of nitrogens with zero attached hydrogens (tertiary/aromatic N) is 2. The molecule has 0 fully saturated rings. The van der Waals surface area contributed by atoms with Crippen LogP contribution in [0.4, 0.5) is 17.1 Å². The molecule has 1 aromatic heterocycles. The molecule has 0 spiro atoms. The Balaban J connectivity index is 1.53. The standard InChI is InChI=1S/C39H42N4/c1-24(2)30-16-12-17-31(25(3)4)37(30)41-34-21-26(5)22-35-38(34)42-39(43(35)7)36-29(20-19-28-14-9-10-15-32(28)36)23-40-33-18-11-8-13-27(33)6/h8-22,24-25,40-41H,23H2,1-7H3. The molecule has 0 amide bonds. The van der Waals surface area contributed by atoms with Crippen LogP contribution in [0.2, 0.25) is 0 Å². The van der Waals surface area contributed by atoms with Crippen molar-refractivity contribution in [2.45, 2.75) is 59.9 Å². The van der Waals surface area contributed by atoms with Gasteiger partial charge in [0.15, 0.2) is 0 Å². The number of imidazole rings is 1. The van der Waals surface area contributed by atoms with Crippen molar-refractivity contribution in [3.8, 4) is 11.4 Å². The maximum atomic E-state index is 5.42. The molecule has 0 atom stereocenters. The van der Waals surface area contributed by atoms with Gasteiger partial charge in [-0.25, -0.2) is 4.98 Å². The fourth-order valence-electron chi connectivity index (χ4n) is 6.27. The van der Waals surface area contributed by atoms with Gasteiger partial charge in [0, 0.05) is 30.5 Å². The van der Waals surface area contributed by atoms with Crippen LogP contribution in [0.3, 0.4) is 0 Å². The van der Waals surface area contributed by atoms with Gasteiger partial charge in [-0.1, -0.05) is 100 Å². The van der Waals surface area contributed by atoms with Crippen LogP contribution < -0.4 is 10.6 Å². The third-order valence-corrected chi connectivity index (χ3v) is 8.62. The normalized spacial score (nSPS) is 11.7. The van der Waals surface area contributed by atoms with Crippen molar-refractivity contribution in [1.29, 1.82) is 0 Å². The van der Waals surface area contributed by atoms with Gasteiger partial charge in [0.25, 0.3) is 0 Å². The van der Waals surface area contributed by atoms with Crippen LogP contribution in [-0.2, 0) is 13.6 Å². The van der Waals surface area contributed by atoms with Gasteiger partial charge < -0.3 is 15.2 Å². The van der Waals surface area contributed by atoms with E-state index in [-0.39, 0.29) is 0 Å². The lowest BCUT2D eigenvalue weighted by atomic mass is 9.92. The fourth-order valence-corrected chi connectivity index (χ4v) is 6.27. The summed E-state index contributed by atoms with van der Waals surface area (Å²) in [6, 6.07) is 32.8. The highest BCUT2D eigenvalue weighted by Crippen LogP contribution is 2.39. The second kappa shape index (κ2) is 11.6. The molecule has 5 aromatic carbocycles. The lowest BCUT2D eigenvalue weighted by Crippen LogP contribution is -2.05. The van der Waals surface area contributed by atoms with Gasteiger partial charge in [-0.3, -0.25) is 0 Å². The molecule has 0 radical (unpaired) electrons. The Bertz CT molecular complexity index is 1920. The molecule has 0 unspecified atom stereocenters. The number of benzene rings is 5. The van der Waals surface area contributed by atoms with Crippen molar-refractivity contribution in [2.24, 2.45) is 7.05 Å². The van der Waals surface area contributed by atoms with Crippen LogP contribution in [0.15, 0.2) is 91.0 Å². The molecular formula is C39H42N4. The van der Waals surface area contributed by atoms with E-state index in [4.69, 9.17) is 4.98 Å². The van der Waals surface area contributed by atoms with Crippen molar-refractivity contribution in [1.82, 2.24) is 9.55 Å². The fraction of sp³-hybridized carbons (Fsp3) is 0.256. The summed E-state index contributed by atoms with van der Waals surface area (Å²) in [5.41, 5.74) is 13.0. The van der Waals surface area contributed by atoms with Crippen molar-refractivity contribution in [2.75, 3.05) is 10.6 Å². The van der Waals surface area contributed by atoms with E-state index in [9.17, 15) is 0 Å². The van der Waals surface area contributed by atoms with Gasteiger partial charge in [0.2, 0.25) is 0 Å². The van der Waals surface area contributed by atoms with E-state index in [0.29, 0.717) is 18.4 Å². The van der Waals surface area contributed by atoms with Crippen LogP contribution in [0, 0.1) is 13.8 Å². The Morgan fingerprint density at radius 1 is 0.744 bits per heavy atom. The summed E-state index contributed by atoms with van der Waals surface area (Å²) < 4.78 is 2.27. The first kappa shape index (κ1) is 28.5. The maximum Gasteiger partial charge on any atom is 0.141 e. The molecule has 0 aliphatic carbocycles. The minimum atomic E-state index is 0.403. The molecule has 1 heterocycles. The van der Waals surface area contributed by atoms with E-state index < -0.39 is 0 Å². The molecule has 6 rings (SSSR count). The highest BCUT2D eigenvalue weighted by molar-refractivity contribution is 6.01. The summed E-state index contributed by atoms with van der Waals surface area (Å²) in [5.74, 6) is 1.78. The molecule has 0 aliphatic heterocycles. The van der Waals surface area contributed by atoms with E-state index in [1.165, 1.54) is 49.8 Å². The van der Waals surface area contributed by atoms with Gasteiger partial charge in [0.05, 0.1) is 11.2 Å². The van der Waals surface area contributed by atoms with E-state index in [1.54, 1.807) is 0 Å². The molecule has 218 valence electrons. The monoisotopic (exact) mass is 566 g/mol. The third kappa shape index (κ3) is 5.38. The largest absolute Gasteiger partial charge is 0.381 e. The summed E-state index contributed by atoms with van der Waals surface area (Å²) in [7, 11) is 2.15. The van der Waals surface area contributed by atoms with E-state index >= 15 is 0 Å². The lowest BCUT2D eigenvalue weighted by Gasteiger charge is -2.21. The van der Waals surface area contributed by atoms with Crippen LogP contribution in [0.5, 0.6) is 0 Å². The molecule has 43 heavy (non-hydrogen) atoms. The number of hydrogen-bond donors (Lipinski definition) is 2. The predicted octanol–water partition coefficient (Wildman–Crippen LogP) is 10.6. The van der Waals surface area contributed by atoms with Gasteiger partial charge in [-0.05, 0) is 82.5 Å². The number of fused-ring (bicyclic) bond motifs is 2. The molecule has 0 bridgehead atoms. The number of aromatic nitrogens is 2. The molecule has 0 aliphatic rings. The quantitative estimate of drug-likeness (QED) is 0.193. The molecule has 6 aromatic rings. The van der Waals surface area contributed by atoms with Crippen LogP contribution in [-0.4, -0.2) is 9.55 Å². The average Bonchev–Trinajstić information content (AvgIpc) is 3.31. The van der Waals surface area contributed by atoms with E-state index in [2.05, 4.69) is 155 Å². The zero-order valence-corrected chi connectivity index (χ0v) is 26.4. The summed E-state index contributed by atoms with van der Waals surface area (Å²) in [6.45, 7) is 14.1. The number of nitrogens with one attached hydrogen (secondary N) is 2. The zero-order valence-electron chi connectivity index (χ0n) is 26.4. The predicted molar refractivity (Wildman–Crippen MR) is 185 cm³/mol. The average molecular weight is 567 g/mol. The van der Waals surface area contributed by atoms with Crippen molar-refractivity contribution in [3.05, 3.63) is 119 Å². The Morgan fingerprint density at radius 3 is 2.16 bits per heavy atom. The number of hydrogen-bond acceptors (Lipinski definition) is 3. The van der Waals surface area contributed by atoms with Gasteiger partial charge >= 0.3 is 0 Å². The first-order valence-electron chi connectivity index (χ1n) is 15.4. The molecule has 0 saturated carbocycles. The molecule has 4 heteroatoms. The van der Waals surface area contributed by atoms with Gasteiger partial charge in [-0.15, -0.1) is 0 Å². The summed E-state index contributed by atoms with van der Waals surface area (Å²) in [6.07, 6.45) is 0. The maximum absolute atomic E-state index is 5.42. The Hall–Kier alpha value is -4.57. The summed E-state index contributed by atoms with van der Waals surface area (Å²) in [4.78, 5) is 5.42. The minimum Gasteiger partial charge on any atom is -0.381 e. The molecular weight excluding hydrogens is 524 g/mol.